The molecule has 22 heavy (non-hydrogen) atoms. The Balaban J connectivity index is 1.86. The lowest BCUT2D eigenvalue weighted by Crippen LogP contribution is -2.48. The highest BCUT2D eigenvalue weighted by molar-refractivity contribution is 5.95. The Kier molecular flexibility index (Phi) is 3.89. The number of morpholine rings is 1. The summed E-state index contributed by atoms with van der Waals surface area (Å²) >= 11 is 0. The maximum Gasteiger partial charge on any atom is 0.254 e. The Labute approximate surface area is 128 Å². The van der Waals surface area contributed by atoms with Crippen LogP contribution >= 0.6 is 0 Å². The molecule has 1 saturated heterocycles. The lowest BCUT2D eigenvalue weighted by Gasteiger charge is -2.35. The Bertz CT molecular complexity index is 674. The molecule has 0 aliphatic carbocycles. The number of amides is 1. The van der Waals surface area contributed by atoms with Crippen molar-refractivity contribution in [3.8, 4) is 11.4 Å². The molecule has 0 bridgehead atoms. The Hall–Kier alpha value is -2.28. The largest absolute Gasteiger partial charge is 0.372 e. The molecule has 7 nitrogen and oxygen atoms in total. The molecule has 2 atom stereocenters. The average molecular weight is 301 g/mol. The molecular weight excluding hydrogens is 282 g/mol. The fraction of sp³-hybridized carbons (Fsp3) is 0.467. The number of carbonyl (C=O) groups is 1. The molecule has 0 unspecified atom stereocenters. The Morgan fingerprint density at radius 2 is 2.00 bits per heavy atom. The third-order valence-electron chi connectivity index (χ3n) is 3.69. The van der Waals surface area contributed by atoms with Crippen molar-refractivity contribution >= 4 is 5.91 Å². The lowest BCUT2D eigenvalue weighted by atomic mass is 10.1. The van der Waals surface area contributed by atoms with Gasteiger partial charge in [0.15, 0.2) is 5.82 Å². The molecule has 0 N–H and O–H groups in total. The number of ether oxygens (including phenoxy) is 1. The molecule has 1 aliphatic heterocycles. The molecule has 2 aromatic rings. The fourth-order valence-electron chi connectivity index (χ4n) is 2.79. The van der Waals surface area contributed by atoms with E-state index in [2.05, 4.69) is 15.5 Å². The van der Waals surface area contributed by atoms with Gasteiger partial charge in [0, 0.05) is 31.3 Å². The molecule has 7 heteroatoms. The van der Waals surface area contributed by atoms with Gasteiger partial charge in [-0.15, -0.1) is 5.10 Å². The highest BCUT2D eigenvalue weighted by atomic mass is 16.5. The lowest BCUT2D eigenvalue weighted by molar-refractivity contribution is -0.0586. The van der Waals surface area contributed by atoms with E-state index in [9.17, 15) is 4.79 Å². The molecule has 1 aromatic carbocycles. The molecule has 2 heterocycles. The summed E-state index contributed by atoms with van der Waals surface area (Å²) in [6.45, 7) is 5.19. The zero-order chi connectivity index (χ0) is 15.7. The van der Waals surface area contributed by atoms with Crippen molar-refractivity contribution in [2.45, 2.75) is 26.1 Å². The Morgan fingerprint density at radius 1 is 1.27 bits per heavy atom. The topological polar surface area (TPSA) is 73.1 Å². The molecule has 3 rings (SSSR count). The van der Waals surface area contributed by atoms with Crippen molar-refractivity contribution in [1.82, 2.24) is 25.1 Å². The quantitative estimate of drug-likeness (QED) is 0.831. The second-order valence-electron chi connectivity index (χ2n) is 5.67. The second-order valence-corrected chi connectivity index (χ2v) is 5.67. The van der Waals surface area contributed by atoms with Gasteiger partial charge in [0.05, 0.1) is 12.2 Å². The number of aryl methyl sites for hydroxylation is 1. The number of rotatable bonds is 2. The molecule has 0 saturated carbocycles. The van der Waals surface area contributed by atoms with Gasteiger partial charge in [-0.3, -0.25) is 4.79 Å². The Morgan fingerprint density at radius 3 is 2.64 bits per heavy atom. The summed E-state index contributed by atoms with van der Waals surface area (Å²) in [5.41, 5.74) is 1.47. The highest BCUT2D eigenvalue weighted by Gasteiger charge is 2.26. The van der Waals surface area contributed by atoms with Gasteiger partial charge in [-0.1, -0.05) is 12.1 Å². The average Bonchev–Trinajstić information content (AvgIpc) is 2.92. The SMILES string of the molecule is C[C@H]1CN(C(=O)c2cccc(-c3nnnn3C)c2)C[C@H](C)O1. The highest BCUT2D eigenvalue weighted by Crippen LogP contribution is 2.19. The zero-order valence-corrected chi connectivity index (χ0v) is 12.9. The van der Waals surface area contributed by atoms with E-state index >= 15 is 0 Å². The number of hydrogen-bond acceptors (Lipinski definition) is 5. The number of aromatic nitrogens is 4. The van der Waals surface area contributed by atoms with Gasteiger partial charge in [0.2, 0.25) is 0 Å². The minimum Gasteiger partial charge on any atom is -0.372 e. The molecule has 1 amide bonds. The third-order valence-corrected chi connectivity index (χ3v) is 3.69. The maximum absolute atomic E-state index is 12.7. The van der Waals surface area contributed by atoms with Crippen molar-refractivity contribution in [2.24, 2.45) is 7.05 Å². The van der Waals surface area contributed by atoms with E-state index < -0.39 is 0 Å². The van der Waals surface area contributed by atoms with E-state index in [0.29, 0.717) is 24.5 Å². The number of carbonyl (C=O) groups excluding carboxylic acids is 1. The van der Waals surface area contributed by atoms with Crippen molar-refractivity contribution in [1.29, 1.82) is 0 Å². The van der Waals surface area contributed by atoms with Crippen LogP contribution in [0.2, 0.25) is 0 Å². The summed E-state index contributed by atoms with van der Waals surface area (Å²) in [5.74, 6) is 0.650. The predicted octanol–water partition coefficient (Wildman–Crippen LogP) is 1.13. The first-order valence-corrected chi connectivity index (χ1v) is 7.32. The van der Waals surface area contributed by atoms with E-state index in [-0.39, 0.29) is 18.1 Å². The molecule has 1 aliphatic rings. The van der Waals surface area contributed by atoms with Crippen LogP contribution in [0.15, 0.2) is 24.3 Å². The normalized spacial score (nSPS) is 21.9. The zero-order valence-electron chi connectivity index (χ0n) is 12.9. The van der Waals surface area contributed by atoms with Crippen LogP contribution in [-0.2, 0) is 11.8 Å². The summed E-state index contributed by atoms with van der Waals surface area (Å²) in [7, 11) is 1.77. The molecule has 116 valence electrons. The molecule has 0 radical (unpaired) electrons. The van der Waals surface area contributed by atoms with Crippen LogP contribution in [0.25, 0.3) is 11.4 Å². The van der Waals surface area contributed by atoms with Crippen molar-refractivity contribution in [3.05, 3.63) is 29.8 Å². The van der Waals surface area contributed by atoms with Gasteiger partial charge in [-0.2, -0.15) is 0 Å². The van der Waals surface area contributed by atoms with Gasteiger partial charge < -0.3 is 9.64 Å². The monoisotopic (exact) mass is 301 g/mol. The van der Waals surface area contributed by atoms with E-state index in [4.69, 9.17) is 4.74 Å². The van der Waals surface area contributed by atoms with Crippen LogP contribution in [0.4, 0.5) is 0 Å². The summed E-state index contributed by atoms with van der Waals surface area (Å²) in [6, 6.07) is 7.40. The van der Waals surface area contributed by atoms with Crippen molar-refractivity contribution in [3.63, 3.8) is 0 Å². The first-order valence-electron chi connectivity index (χ1n) is 7.32. The van der Waals surface area contributed by atoms with E-state index in [1.807, 2.05) is 43.0 Å². The molecule has 1 aromatic heterocycles. The minimum absolute atomic E-state index is 0.0129. The number of nitrogens with zero attached hydrogens (tertiary/aromatic N) is 5. The van der Waals surface area contributed by atoms with Gasteiger partial charge >= 0.3 is 0 Å². The van der Waals surface area contributed by atoms with Crippen LogP contribution in [0.1, 0.15) is 24.2 Å². The number of hydrogen-bond donors (Lipinski definition) is 0. The third kappa shape index (κ3) is 2.85. The summed E-state index contributed by atoms with van der Waals surface area (Å²) < 4.78 is 7.26. The fourth-order valence-corrected chi connectivity index (χ4v) is 2.79. The van der Waals surface area contributed by atoms with Gasteiger partial charge in [0.25, 0.3) is 5.91 Å². The summed E-state index contributed by atoms with van der Waals surface area (Å²) in [5, 5.41) is 11.4. The molecule has 1 fully saturated rings. The van der Waals surface area contributed by atoms with Crippen LogP contribution in [0, 0.1) is 0 Å². The summed E-state index contributed by atoms with van der Waals surface area (Å²) in [4.78, 5) is 14.5. The van der Waals surface area contributed by atoms with E-state index in [0.717, 1.165) is 5.56 Å². The van der Waals surface area contributed by atoms with Crippen molar-refractivity contribution in [2.75, 3.05) is 13.1 Å². The smallest absolute Gasteiger partial charge is 0.254 e. The van der Waals surface area contributed by atoms with Crippen LogP contribution < -0.4 is 0 Å². The minimum atomic E-state index is 0.0129. The van der Waals surface area contributed by atoms with Crippen LogP contribution in [-0.4, -0.2) is 56.3 Å². The van der Waals surface area contributed by atoms with Gasteiger partial charge in [-0.25, -0.2) is 4.68 Å². The van der Waals surface area contributed by atoms with Crippen molar-refractivity contribution < 1.29 is 9.53 Å². The van der Waals surface area contributed by atoms with Crippen LogP contribution in [0.5, 0.6) is 0 Å². The van der Waals surface area contributed by atoms with Gasteiger partial charge in [-0.05, 0) is 36.4 Å². The molecular formula is C15H19N5O2. The second kappa shape index (κ2) is 5.84. The molecule has 0 spiro atoms. The number of benzene rings is 1. The standard InChI is InChI=1S/C15H19N5O2/c1-10-8-20(9-11(2)22-10)15(21)13-6-4-5-12(7-13)14-16-17-18-19(14)3/h4-7,10-11H,8-9H2,1-3H3/t10-,11-/m0/s1. The van der Waals surface area contributed by atoms with E-state index in [1.54, 1.807) is 11.7 Å². The van der Waals surface area contributed by atoms with Gasteiger partial charge in [0.1, 0.15) is 0 Å². The first kappa shape index (κ1) is 14.6. The maximum atomic E-state index is 12.7. The summed E-state index contributed by atoms with van der Waals surface area (Å²) in [6.07, 6.45) is 0.109. The van der Waals surface area contributed by atoms with E-state index in [1.165, 1.54) is 0 Å². The van der Waals surface area contributed by atoms with Crippen LogP contribution in [0.3, 0.4) is 0 Å². The number of tetrazole rings is 1. The first-order chi connectivity index (χ1) is 10.5. The predicted molar refractivity (Wildman–Crippen MR) is 80.1 cm³/mol.